The summed E-state index contributed by atoms with van der Waals surface area (Å²) >= 11 is 0. The molecule has 0 radical (unpaired) electrons. The van der Waals surface area contributed by atoms with Crippen LogP contribution in [-0.2, 0) is 55.8 Å². The topological polar surface area (TPSA) is 231 Å². The monoisotopic (exact) mass is 1560 g/mol. The molecule has 109 heavy (non-hydrogen) atoms. The summed E-state index contributed by atoms with van der Waals surface area (Å²) in [5.41, 5.74) is 0. The van der Waals surface area contributed by atoms with E-state index in [2.05, 4.69) is 203 Å². The van der Waals surface area contributed by atoms with Crippen LogP contribution in [-0.4, -0.2) is 95.9 Å². The van der Waals surface area contributed by atoms with E-state index in [-0.39, 0.29) is 19.3 Å². The number of phosphoric acid groups is 2. The van der Waals surface area contributed by atoms with Crippen LogP contribution in [0.4, 0.5) is 0 Å². The van der Waals surface area contributed by atoms with E-state index >= 15 is 0 Å². The number of hydrogen-bond donors (Lipinski definition) is 4. The van der Waals surface area contributed by atoms with E-state index in [1.165, 1.54) is 83.5 Å². The highest BCUT2D eigenvalue weighted by Crippen LogP contribution is 2.45. The highest BCUT2D eigenvalue weighted by Gasteiger charge is 2.29. The van der Waals surface area contributed by atoms with Crippen LogP contribution < -0.4 is 0 Å². The standard InChI is InChI=1S/C91H150O16P2/c1-4-7-10-13-16-19-22-25-28-31-33-35-36-37-38-39-40-41-42-43-44-45-46-47-48-50-52-54-56-59-62-65-68-71-74-77-89(94)101-80-86(92)81-103-108(97,98)104-82-87(93)83-105-109(99,100)106-85-88(107-91(96)79-76-73-70-67-64-61-58-53-30-27-24-21-18-15-12-9-6-3)84-102-90(95)78-75-72-69-66-63-60-57-55-51-49-34-32-29-26-23-20-17-14-11-8-5-2/h7-12,16-21,25-30,33-35,37-38,40-41,49,55,57,63,66,86-88,92-93H,4-6,13-15,22-24,31-32,36,39,42-48,50-54,56,58-62,64-65,67-85H2,1-3H3,(H,97,98)(H,99,100)/b10-7-,11-8-,12-9-,19-16-,20-17-,21-18-,28-25-,29-26-,30-27-,35-33-,38-37-,41-40-,49-34-,57-55-,66-63-. The number of allylic oxidation sites excluding steroid dienone is 30. The summed E-state index contributed by atoms with van der Waals surface area (Å²) < 4.78 is 61.2. The molecule has 5 unspecified atom stereocenters. The van der Waals surface area contributed by atoms with E-state index in [0.29, 0.717) is 19.3 Å². The summed E-state index contributed by atoms with van der Waals surface area (Å²) in [5.74, 6) is -1.64. The summed E-state index contributed by atoms with van der Waals surface area (Å²) in [4.78, 5) is 58.7. The lowest BCUT2D eigenvalue weighted by atomic mass is 10.0. The van der Waals surface area contributed by atoms with Gasteiger partial charge < -0.3 is 34.2 Å². The van der Waals surface area contributed by atoms with Crippen molar-refractivity contribution in [2.45, 2.75) is 334 Å². The fraction of sp³-hybridized carbons (Fsp3) is 0.637. The van der Waals surface area contributed by atoms with E-state index in [1.807, 2.05) is 0 Å². The molecule has 0 aromatic carbocycles. The molecule has 0 heterocycles. The Hall–Kier alpha value is -5.35. The smallest absolute Gasteiger partial charge is 0.463 e. The van der Waals surface area contributed by atoms with Crippen molar-refractivity contribution in [3.05, 3.63) is 182 Å². The Morgan fingerprint density at radius 1 is 0.257 bits per heavy atom. The molecule has 0 aliphatic carbocycles. The largest absolute Gasteiger partial charge is 0.472 e. The number of phosphoric ester groups is 2. The van der Waals surface area contributed by atoms with Gasteiger partial charge in [-0.3, -0.25) is 32.5 Å². The molecule has 0 aromatic heterocycles. The maximum absolute atomic E-state index is 13.0. The molecule has 0 saturated heterocycles. The zero-order valence-electron chi connectivity index (χ0n) is 67.9. The zero-order valence-corrected chi connectivity index (χ0v) is 69.7. The Balaban J connectivity index is 4.51. The molecule has 16 nitrogen and oxygen atoms in total. The van der Waals surface area contributed by atoms with Crippen molar-refractivity contribution in [2.75, 3.05) is 39.6 Å². The van der Waals surface area contributed by atoms with Crippen LogP contribution in [0.15, 0.2) is 182 Å². The molecule has 4 N–H and O–H groups in total. The lowest BCUT2D eigenvalue weighted by molar-refractivity contribution is -0.161. The molecule has 0 aliphatic heterocycles. The molecule has 0 saturated carbocycles. The highest BCUT2D eigenvalue weighted by atomic mass is 31.2. The summed E-state index contributed by atoms with van der Waals surface area (Å²) in [5, 5.41) is 20.7. The summed E-state index contributed by atoms with van der Waals surface area (Å²) in [6, 6.07) is 0. The van der Waals surface area contributed by atoms with Gasteiger partial charge in [0.1, 0.15) is 25.4 Å². The number of rotatable bonds is 78. The molecule has 0 amide bonds. The zero-order chi connectivity index (χ0) is 79.4. The normalized spacial score (nSPS) is 14.8. The van der Waals surface area contributed by atoms with Crippen molar-refractivity contribution < 1.29 is 75.8 Å². The number of aliphatic hydroxyl groups is 2. The average Bonchev–Trinajstić information content (AvgIpc) is 0.912. The molecular formula is C91H150O16P2. The minimum atomic E-state index is -4.95. The first kappa shape index (κ1) is 104. The number of aliphatic hydroxyl groups excluding tert-OH is 2. The quantitative estimate of drug-likeness (QED) is 0.0146. The van der Waals surface area contributed by atoms with E-state index < -0.39 is 91.5 Å². The van der Waals surface area contributed by atoms with Crippen LogP contribution in [0, 0.1) is 0 Å². The van der Waals surface area contributed by atoms with Gasteiger partial charge in [-0.15, -0.1) is 0 Å². The van der Waals surface area contributed by atoms with Crippen LogP contribution >= 0.6 is 15.6 Å². The van der Waals surface area contributed by atoms with E-state index in [0.717, 1.165) is 173 Å². The van der Waals surface area contributed by atoms with Crippen molar-refractivity contribution in [3.63, 3.8) is 0 Å². The number of carbonyl (C=O) groups excluding carboxylic acids is 3. The van der Waals surface area contributed by atoms with Crippen molar-refractivity contribution in [2.24, 2.45) is 0 Å². The van der Waals surface area contributed by atoms with Crippen molar-refractivity contribution >= 4 is 33.6 Å². The second-order valence-corrected chi connectivity index (χ2v) is 30.4. The maximum Gasteiger partial charge on any atom is 0.472 e. The second-order valence-electron chi connectivity index (χ2n) is 27.5. The van der Waals surface area contributed by atoms with Gasteiger partial charge in [0.2, 0.25) is 0 Å². The first-order valence-electron chi connectivity index (χ1n) is 42.1. The van der Waals surface area contributed by atoms with Gasteiger partial charge >= 0.3 is 33.6 Å². The molecular weight excluding hydrogens is 1410 g/mol. The summed E-state index contributed by atoms with van der Waals surface area (Å²) in [6.07, 6.45) is 107. The van der Waals surface area contributed by atoms with Gasteiger partial charge in [0.15, 0.2) is 6.10 Å². The van der Waals surface area contributed by atoms with Crippen LogP contribution in [0.1, 0.15) is 316 Å². The van der Waals surface area contributed by atoms with Gasteiger partial charge in [-0.25, -0.2) is 9.13 Å². The number of hydrogen-bond acceptors (Lipinski definition) is 14. The fourth-order valence-electron chi connectivity index (χ4n) is 10.8. The highest BCUT2D eigenvalue weighted by molar-refractivity contribution is 7.47. The number of carbonyl (C=O) groups is 3. The molecule has 620 valence electrons. The third-order valence-corrected chi connectivity index (χ3v) is 19.0. The Bertz CT molecular complexity index is 2710. The predicted molar refractivity (Wildman–Crippen MR) is 454 cm³/mol. The molecule has 0 bridgehead atoms. The van der Waals surface area contributed by atoms with Crippen molar-refractivity contribution in [1.29, 1.82) is 0 Å². The van der Waals surface area contributed by atoms with Crippen LogP contribution in [0.2, 0.25) is 0 Å². The first-order valence-corrected chi connectivity index (χ1v) is 45.1. The first-order chi connectivity index (χ1) is 53.2. The van der Waals surface area contributed by atoms with Gasteiger partial charge in [0.05, 0.1) is 26.4 Å². The Kier molecular flexibility index (Phi) is 78.1. The third kappa shape index (κ3) is 83.4. The number of esters is 3. The number of unbranched alkanes of at least 4 members (excludes halogenated alkanes) is 25. The lowest BCUT2D eigenvalue weighted by Crippen LogP contribution is -2.30. The Labute approximate surface area is 662 Å². The summed E-state index contributed by atoms with van der Waals surface area (Å²) in [6.45, 7) is 2.28. The fourth-order valence-corrected chi connectivity index (χ4v) is 12.4. The minimum Gasteiger partial charge on any atom is -0.463 e. The van der Waals surface area contributed by atoms with Crippen LogP contribution in [0.25, 0.3) is 0 Å². The molecule has 0 spiro atoms. The van der Waals surface area contributed by atoms with Crippen LogP contribution in [0.5, 0.6) is 0 Å². The molecule has 0 rings (SSSR count). The van der Waals surface area contributed by atoms with Crippen molar-refractivity contribution in [3.8, 4) is 0 Å². The van der Waals surface area contributed by atoms with Gasteiger partial charge in [0.25, 0.3) is 0 Å². The molecule has 0 aromatic rings. The van der Waals surface area contributed by atoms with Gasteiger partial charge in [0, 0.05) is 19.3 Å². The SMILES string of the molecule is CC/C=C\C/C=C\C/C=C\C/C=C\C/C=C\C/C=C\CCCCCCCCCCCCCCCCCCC(=O)OCC(O)COP(=O)(O)OCC(O)COP(=O)(O)OCC(COC(=O)CCCC/C=C\C/C=C\C/C=C\C/C=C\C/C=C\C/C=C\CC)OC(=O)CCCCCCCCC/C=C\C/C=C\C/C=C\CC. The predicted octanol–water partition coefficient (Wildman–Crippen LogP) is 25.3. The molecule has 0 aliphatic rings. The van der Waals surface area contributed by atoms with E-state index in [4.69, 9.17) is 32.3 Å². The van der Waals surface area contributed by atoms with Gasteiger partial charge in [-0.2, -0.15) is 0 Å². The minimum absolute atomic E-state index is 0.0777. The third-order valence-electron chi connectivity index (χ3n) is 17.1. The number of ether oxygens (including phenoxy) is 3. The average molecular weight is 1560 g/mol. The van der Waals surface area contributed by atoms with E-state index in [1.54, 1.807) is 0 Å². The van der Waals surface area contributed by atoms with Crippen molar-refractivity contribution in [1.82, 2.24) is 0 Å². The lowest BCUT2D eigenvalue weighted by Gasteiger charge is -2.21. The maximum atomic E-state index is 13.0. The van der Waals surface area contributed by atoms with Crippen LogP contribution in [0.3, 0.4) is 0 Å². The van der Waals surface area contributed by atoms with E-state index in [9.17, 15) is 43.5 Å². The second kappa shape index (κ2) is 82.1. The van der Waals surface area contributed by atoms with Gasteiger partial charge in [-0.1, -0.05) is 325 Å². The molecule has 18 heteroatoms. The summed E-state index contributed by atoms with van der Waals surface area (Å²) in [7, 11) is -9.82. The Morgan fingerprint density at radius 3 is 0.743 bits per heavy atom. The Morgan fingerprint density at radius 2 is 0.459 bits per heavy atom. The molecule has 5 atom stereocenters. The van der Waals surface area contributed by atoms with Gasteiger partial charge in [-0.05, 0) is 154 Å². The molecule has 0 fully saturated rings.